The van der Waals surface area contributed by atoms with Crippen molar-refractivity contribution in [3.05, 3.63) is 29.8 Å². The van der Waals surface area contributed by atoms with E-state index in [9.17, 15) is 9.59 Å². The van der Waals surface area contributed by atoms with Gasteiger partial charge in [-0.1, -0.05) is 0 Å². The highest BCUT2D eigenvalue weighted by molar-refractivity contribution is 5.74. The second-order valence-corrected chi connectivity index (χ2v) is 5.61. The standard InChI is InChI=1S/C20H30O9/c1-23-20(22)17-28-13-12-26-9-8-24-6-7-25-10-11-27-14-15-29-19-4-2-18(16-21)3-5-19/h2-5,16H,6-15,17H2,1H3. The average Bonchev–Trinajstić information content (AvgIpc) is 2.76. The normalized spacial score (nSPS) is 10.7. The molecule has 0 unspecified atom stereocenters. The van der Waals surface area contributed by atoms with E-state index >= 15 is 0 Å². The lowest BCUT2D eigenvalue weighted by Gasteiger charge is -2.08. The molecule has 29 heavy (non-hydrogen) atoms. The largest absolute Gasteiger partial charge is 0.491 e. The van der Waals surface area contributed by atoms with Crippen LogP contribution in [0.15, 0.2) is 24.3 Å². The van der Waals surface area contributed by atoms with Gasteiger partial charge in [0.15, 0.2) is 0 Å². The fourth-order valence-electron chi connectivity index (χ4n) is 1.96. The number of benzene rings is 1. The Morgan fingerprint density at radius 2 is 1.17 bits per heavy atom. The summed E-state index contributed by atoms with van der Waals surface area (Å²) in [4.78, 5) is 21.3. The molecule has 1 aromatic carbocycles. The van der Waals surface area contributed by atoms with Crippen molar-refractivity contribution < 1.29 is 42.7 Å². The Morgan fingerprint density at radius 1 is 0.724 bits per heavy atom. The first kappa shape index (κ1) is 25.0. The predicted molar refractivity (Wildman–Crippen MR) is 103 cm³/mol. The number of carbonyl (C=O) groups is 2. The van der Waals surface area contributed by atoms with Gasteiger partial charge in [0.05, 0.1) is 66.6 Å². The molecule has 9 heteroatoms. The highest BCUT2D eigenvalue weighted by Crippen LogP contribution is 2.10. The summed E-state index contributed by atoms with van der Waals surface area (Å²) in [5.41, 5.74) is 0.615. The lowest BCUT2D eigenvalue weighted by Crippen LogP contribution is -2.15. The summed E-state index contributed by atoms with van der Waals surface area (Å²) in [5, 5.41) is 0. The third-order valence-electron chi connectivity index (χ3n) is 3.45. The molecular weight excluding hydrogens is 384 g/mol. The summed E-state index contributed by atoms with van der Waals surface area (Å²) < 4.78 is 36.4. The van der Waals surface area contributed by atoms with Crippen LogP contribution in [0.3, 0.4) is 0 Å². The molecule has 0 aliphatic carbocycles. The van der Waals surface area contributed by atoms with E-state index in [4.69, 9.17) is 28.4 Å². The maximum absolute atomic E-state index is 10.8. The minimum atomic E-state index is -0.408. The van der Waals surface area contributed by atoms with E-state index in [1.165, 1.54) is 7.11 Å². The Balaban J connectivity index is 1.75. The van der Waals surface area contributed by atoms with Crippen LogP contribution in [0.2, 0.25) is 0 Å². The fourth-order valence-corrected chi connectivity index (χ4v) is 1.96. The maximum atomic E-state index is 10.8. The molecule has 1 aromatic rings. The van der Waals surface area contributed by atoms with Crippen LogP contribution < -0.4 is 4.74 Å². The zero-order chi connectivity index (χ0) is 21.0. The summed E-state index contributed by atoms with van der Waals surface area (Å²) in [5.74, 6) is 0.291. The van der Waals surface area contributed by atoms with Crippen LogP contribution in [-0.2, 0) is 33.2 Å². The van der Waals surface area contributed by atoms with Crippen molar-refractivity contribution in [2.75, 3.05) is 79.8 Å². The quantitative estimate of drug-likeness (QED) is 0.187. The molecule has 0 saturated carbocycles. The van der Waals surface area contributed by atoms with Gasteiger partial charge in [-0.25, -0.2) is 4.79 Å². The number of rotatable bonds is 19. The molecule has 0 aliphatic heterocycles. The van der Waals surface area contributed by atoms with Gasteiger partial charge in [0.1, 0.15) is 25.2 Å². The van der Waals surface area contributed by atoms with Gasteiger partial charge in [-0.05, 0) is 24.3 Å². The molecule has 0 amide bonds. The van der Waals surface area contributed by atoms with E-state index in [0.29, 0.717) is 77.4 Å². The first-order valence-corrected chi connectivity index (χ1v) is 9.40. The van der Waals surface area contributed by atoms with E-state index in [0.717, 1.165) is 6.29 Å². The predicted octanol–water partition coefficient (Wildman–Crippen LogP) is 1.13. The van der Waals surface area contributed by atoms with E-state index in [2.05, 4.69) is 4.74 Å². The molecule has 0 saturated heterocycles. The molecule has 0 aromatic heterocycles. The van der Waals surface area contributed by atoms with E-state index in [1.807, 2.05) is 0 Å². The number of esters is 1. The zero-order valence-electron chi connectivity index (χ0n) is 16.8. The van der Waals surface area contributed by atoms with Crippen LogP contribution in [0.5, 0.6) is 5.75 Å². The molecule has 0 N–H and O–H groups in total. The number of hydrogen-bond donors (Lipinski definition) is 0. The molecule has 0 heterocycles. The second-order valence-electron chi connectivity index (χ2n) is 5.61. The smallest absolute Gasteiger partial charge is 0.331 e. The van der Waals surface area contributed by atoms with E-state index < -0.39 is 5.97 Å². The molecule has 0 bridgehead atoms. The van der Waals surface area contributed by atoms with E-state index in [1.54, 1.807) is 24.3 Å². The van der Waals surface area contributed by atoms with Crippen LogP contribution in [0.25, 0.3) is 0 Å². The molecule has 0 atom stereocenters. The Morgan fingerprint density at radius 3 is 1.62 bits per heavy atom. The lowest BCUT2D eigenvalue weighted by atomic mass is 10.2. The Hall–Kier alpha value is -2.04. The molecule has 164 valence electrons. The van der Waals surface area contributed by atoms with Crippen LogP contribution >= 0.6 is 0 Å². The summed E-state index contributed by atoms with van der Waals surface area (Å²) in [6.07, 6.45) is 0.791. The number of methoxy groups -OCH3 is 1. The van der Waals surface area contributed by atoms with Crippen LogP contribution in [0.1, 0.15) is 10.4 Å². The van der Waals surface area contributed by atoms with Crippen LogP contribution in [0, 0.1) is 0 Å². The second kappa shape index (κ2) is 18.0. The number of carbonyl (C=O) groups excluding carboxylic acids is 2. The van der Waals surface area contributed by atoms with Crippen molar-refractivity contribution >= 4 is 12.3 Å². The Bertz CT molecular complexity index is 533. The van der Waals surface area contributed by atoms with Gasteiger partial charge in [-0.2, -0.15) is 0 Å². The minimum Gasteiger partial charge on any atom is -0.491 e. The molecule has 1 rings (SSSR count). The molecule has 9 nitrogen and oxygen atoms in total. The highest BCUT2D eigenvalue weighted by Gasteiger charge is 1.99. The van der Waals surface area contributed by atoms with E-state index in [-0.39, 0.29) is 6.61 Å². The maximum Gasteiger partial charge on any atom is 0.331 e. The number of ether oxygens (including phenoxy) is 7. The fraction of sp³-hybridized carbons (Fsp3) is 0.600. The van der Waals surface area contributed by atoms with Crippen LogP contribution in [-0.4, -0.2) is 92.0 Å². The first-order chi connectivity index (χ1) is 14.3. The number of hydrogen-bond acceptors (Lipinski definition) is 9. The Labute approximate surface area is 171 Å². The highest BCUT2D eigenvalue weighted by atomic mass is 16.6. The minimum absolute atomic E-state index is 0.0687. The topological polar surface area (TPSA) is 98.8 Å². The Kier molecular flexibility index (Phi) is 15.5. The van der Waals surface area contributed by atoms with Gasteiger partial charge in [0.25, 0.3) is 0 Å². The molecule has 0 radical (unpaired) electrons. The zero-order valence-corrected chi connectivity index (χ0v) is 16.8. The van der Waals surface area contributed by atoms with Gasteiger partial charge >= 0.3 is 5.97 Å². The van der Waals surface area contributed by atoms with Gasteiger partial charge in [-0.3, -0.25) is 4.79 Å². The molecule has 0 spiro atoms. The first-order valence-electron chi connectivity index (χ1n) is 9.40. The van der Waals surface area contributed by atoms with Crippen molar-refractivity contribution in [2.24, 2.45) is 0 Å². The van der Waals surface area contributed by atoms with Crippen molar-refractivity contribution in [1.82, 2.24) is 0 Å². The summed E-state index contributed by atoms with van der Waals surface area (Å²) in [6, 6.07) is 6.90. The van der Waals surface area contributed by atoms with Crippen molar-refractivity contribution in [1.29, 1.82) is 0 Å². The monoisotopic (exact) mass is 414 g/mol. The third-order valence-corrected chi connectivity index (χ3v) is 3.45. The van der Waals surface area contributed by atoms with Crippen molar-refractivity contribution in [3.63, 3.8) is 0 Å². The van der Waals surface area contributed by atoms with Gasteiger partial charge in [0, 0.05) is 5.56 Å². The van der Waals surface area contributed by atoms with Crippen molar-refractivity contribution in [3.8, 4) is 5.75 Å². The van der Waals surface area contributed by atoms with Gasteiger partial charge in [-0.15, -0.1) is 0 Å². The van der Waals surface area contributed by atoms with Crippen molar-refractivity contribution in [2.45, 2.75) is 0 Å². The molecule has 0 aliphatic rings. The van der Waals surface area contributed by atoms with Gasteiger partial charge in [0.2, 0.25) is 0 Å². The summed E-state index contributed by atoms with van der Waals surface area (Å²) in [6.45, 7) is 4.34. The SMILES string of the molecule is COC(=O)COCCOCCOCCOCCOCCOc1ccc(C=O)cc1. The van der Waals surface area contributed by atoms with Gasteiger partial charge < -0.3 is 33.2 Å². The van der Waals surface area contributed by atoms with Crippen LogP contribution in [0.4, 0.5) is 0 Å². The third kappa shape index (κ3) is 14.6. The average molecular weight is 414 g/mol. The number of aldehydes is 1. The molecular formula is C20H30O9. The summed E-state index contributed by atoms with van der Waals surface area (Å²) in [7, 11) is 1.31. The lowest BCUT2D eigenvalue weighted by molar-refractivity contribution is -0.146. The summed E-state index contributed by atoms with van der Waals surface area (Å²) >= 11 is 0. The molecule has 0 fully saturated rings.